The second kappa shape index (κ2) is 5.29. The van der Waals surface area contributed by atoms with Crippen molar-refractivity contribution in [3.63, 3.8) is 0 Å². The van der Waals surface area contributed by atoms with Gasteiger partial charge in [-0.25, -0.2) is 0 Å². The highest BCUT2D eigenvalue weighted by Gasteiger charge is 2.28. The van der Waals surface area contributed by atoms with Crippen molar-refractivity contribution in [2.75, 3.05) is 13.1 Å². The molecule has 1 aliphatic rings. The van der Waals surface area contributed by atoms with Gasteiger partial charge in [-0.3, -0.25) is 4.79 Å². The van der Waals surface area contributed by atoms with Crippen molar-refractivity contribution in [3.05, 3.63) is 34.3 Å². The number of aryl methyl sites for hydroxylation is 1. The fraction of sp³-hybridized carbons (Fsp3) is 0.500. The molecule has 2 unspecified atom stereocenters. The first-order valence-corrected chi connectivity index (χ1v) is 6.68. The van der Waals surface area contributed by atoms with Crippen LogP contribution in [0.5, 0.6) is 0 Å². The fourth-order valence-corrected chi connectivity index (χ4v) is 2.48. The quantitative estimate of drug-likeness (QED) is 0.894. The highest BCUT2D eigenvalue weighted by atomic mass is 35.5. The molecule has 0 spiro atoms. The number of benzene rings is 1. The van der Waals surface area contributed by atoms with Crippen molar-refractivity contribution in [2.24, 2.45) is 11.7 Å². The molecule has 1 aromatic carbocycles. The summed E-state index contributed by atoms with van der Waals surface area (Å²) >= 11 is 5.97. The Kier molecular flexibility index (Phi) is 3.93. The number of carbonyl (C=O) groups excluding carboxylic acids is 1. The Morgan fingerprint density at radius 2 is 2.28 bits per heavy atom. The summed E-state index contributed by atoms with van der Waals surface area (Å²) in [4.78, 5) is 14.2. The van der Waals surface area contributed by atoms with Crippen molar-refractivity contribution in [3.8, 4) is 0 Å². The summed E-state index contributed by atoms with van der Waals surface area (Å²) < 4.78 is 0. The summed E-state index contributed by atoms with van der Waals surface area (Å²) in [5.74, 6) is 0.500. The first kappa shape index (κ1) is 13.4. The van der Waals surface area contributed by atoms with Crippen LogP contribution >= 0.6 is 11.6 Å². The molecule has 0 aromatic heterocycles. The SMILES string of the molecule is Cc1cc(C(=O)N2CCC(C(C)N)C2)ccc1Cl. The van der Waals surface area contributed by atoms with Crippen LogP contribution in [0.15, 0.2) is 18.2 Å². The summed E-state index contributed by atoms with van der Waals surface area (Å²) in [5.41, 5.74) is 7.53. The molecule has 2 N–H and O–H groups in total. The minimum absolute atomic E-state index is 0.0814. The highest BCUT2D eigenvalue weighted by molar-refractivity contribution is 6.31. The van der Waals surface area contributed by atoms with Gasteiger partial charge in [-0.05, 0) is 49.9 Å². The zero-order valence-corrected chi connectivity index (χ0v) is 11.6. The number of hydrogen-bond donors (Lipinski definition) is 1. The van der Waals surface area contributed by atoms with E-state index in [4.69, 9.17) is 17.3 Å². The number of nitrogens with zero attached hydrogens (tertiary/aromatic N) is 1. The largest absolute Gasteiger partial charge is 0.338 e. The van der Waals surface area contributed by atoms with Gasteiger partial charge in [-0.15, -0.1) is 0 Å². The van der Waals surface area contributed by atoms with Gasteiger partial charge in [0.15, 0.2) is 0 Å². The molecular formula is C14H19ClN2O. The van der Waals surface area contributed by atoms with E-state index < -0.39 is 0 Å². The molecule has 0 radical (unpaired) electrons. The van der Waals surface area contributed by atoms with Crippen molar-refractivity contribution >= 4 is 17.5 Å². The molecule has 1 aliphatic heterocycles. The first-order chi connectivity index (χ1) is 8.49. The lowest BCUT2D eigenvalue weighted by molar-refractivity contribution is 0.0786. The Labute approximate surface area is 113 Å². The second-order valence-electron chi connectivity index (χ2n) is 5.12. The third kappa shape index (κ3) is 2.68. The minimum atomic E-state index is 0.0814. The molecular weight excluding hydrogens is 248 g/mol. The predicted molar refractivity (Wildman–Crippen MR) is 73.8 cm³/mol. The maximum absolute atomic E-state index is 12.3. The lowest BCUT2D eigenvalue weighted by atomic mass is 10.0. The highest BCUT2D eigenvalue weighted by Crippen LogP contribution is 2.22. The summed E-state index contributed by atoms with van der Waals surface area (Å²) in [6, 6.07) is 5.57. The second-order valence-corrected chi connectivity index (χ2v) is 5.53. The van der Waals surface area contributed by atoms with Crippen LogP contribution in [0, 0.1) is 12.8 Å². The van der Waals surface area contributed by atoms with E-state index in [2.05, 4.69) is 0 Å². The van der Waals surface area contributed by atoms with Crippen LogP contribution in [0.1, 0.15) is 29.3 Å². The molecule has 0 saturated carbocycles. The van der Waals surface area contributed by atoms with Crippen LogP contribution in [0.25, 0.3) is 0 Å². The van der Waals surface area contributed by atoms with Crippen LogP contribution in [0.2, 0.25) is 5.02 Å². The third-order valence-corrected chi connectivity index (χ3v) is 4.08. The zero-order valence-electron chi connectivity index (χ0n) is 10.8. The Hall–Kier alpha value is -1.06. The van der Waals surface area contributed by atoms with Crippen molar-refractivity contribution < 1.29 is 4.79 Å². The van der Waals surface area contributed by atoms with Crippen molar-refractivity contribution in [1.29, 1.82) is 0 Å². The van der Waals surface area contributed by atoms with Gasteiger partial charge >= 0.3 is 0 Å². The number of halogens is 1. The van der Waals surface area contributed by atoms with Crippen LogP contribution in [0.3, 0.4) is 0 Å². The molecule has 0 aliphatic carbocycles. The topological polar surface area (TPSA) is 46.3 Å². The molecule has 1 saturated heterocycles. The summed E-state index contributed by atoms with van der Waals surface area (Å²) in [6.07, 6.45) is 0.996. The van der Waals surface area contributed by atoms with Gasteiger partial charge < -0.3 is 10.6 Å². The molecule has 1 aromatic rings. The van der Waals surface area contributed by atoms with Gasteiger partial charge in [0.05, 0.1) is 0 Å². The van der Waals surface area contributed by atoms with E-state index in [0.29, 0.717) is 16.5 Å². The summed E-state index contributed by atoms with van der Waals surface area (Å²) in [7, 11) is 0. The van der Waals surface area contributed by atoms with Gasteiger partial charge in [0, 0.05) is 29.7 Å². The zero-order chi connectivity index (χ0) is 13.3. The number of hydrogen-bond acceptors (Lipinski definition) is 2. The van der Waals surface area contributed by atoms with E-state index >= 15 is 0 Å². The van der Waals surface area contributed by atoms with Crippen LogP contribution in [-0.2, 0) is 0 Å². The van der Waals surface area contributed by atoms with Crippen molar-refractivity contribution in [1.82, 2.24) is 4.90 Å². The molecule has 4 heteroatoms. The van der Waals surface area contributed by atoms with Gasteiger partial charge in [-0.1, -0.05) is 11.6 Å². The molecule has 3 nitrogen and oxygen atoms in total. The molecule has 98 valence electrons. The number of carbonyl (C=O) groups is 1. The Morgan fingerprint density at radius 1 is 1.56 bits per heavy atom. The van der Waals surface area contributed by atoms with Crippen molar-refractivity contribution in [2.45, 2.75) is 26.3 Å². The summed E-state index contributed by atoms with van der Waals surface area (Å²) in [5, 5.41) is 0.696. The third-order valence-electron chi connectivity index (χ3n) is 3.66. The number of nitrogens with two attached hydrogens (primary N) is 1. The van der Waals surface area contributed by atoms with Gasteiger partial charge in [0.2, 0.25) is 0 Å². The fourth-order valence-electron chi connectivity index (χ4n) is 2.36. The lowest BCUT2D eigenvalue weighted by Crippen LogP contribution is -2.33. The smallest absolute Gasteiger partial charge is 0.253 e. The normalized spacial score (nSPS) is 21.1. The van der Waals surface area contributed by atoms with E-state index in [-0.39, 0.29) is 11.9 Å². The Balaban J connectivity index is 2.10. The number of likely N-dealkylation sites (tertiary alicyclic amines) is 1. The van der Waals surface area contributed by atoms with E-state index in [1.807, 2.05) is 24.8 Å². The van der Waals surface area contributed by atoms with E-state index in [9.17, 15) is 4.79 Å². The maximum Gasteiger partial charge on any atom is 0.253 e. The minimum Gasteiger partial charge on any atom is -0.338 e. The van der Waals surface area contributed by atoms with Gasteiger partial charge in [0.25, 0.3) is 5.91 Å². The molecule has 0 bridgehead atoms. The van der Waals surface area contributed by atoms with E-state index in [1.165, 1.54) is 0 Å². The standard InChI is InChI=1S/C14H19ClN2O/c1-9-7-11(3-4-13(9)15)14(18)17-6-5-12(8-17)10(2)16/h3-4,7,10,12H,5-6,8,16H2,1-2H3. The first-order valence-electron chi connectivity index (χ1n) is 6.30. The molecule has 1 amide bonds. The summed E-state index contributed by atoms with van der Waals surface area (Å²) in [6.45, 7) is 5.48. The Bertz CT molecular complexity index is 459. The van der Waals surface area contributed by atoms with E-state index in [1.54, 1.807) is 12.1 Å². The number of rotatable bonds is 2. The van der Waals surface area contributed by atoms with Crippen LogP contribution < -0.4 is 5.73 Å². The van der Waals surface area contributed by atoms with Crippen LogP contribution in [0.4, 0.5) is 0 Å². The number of amides is 1. The van der Waals surface area contributed by atoms with E-state index in [0.717, 1.165) is 25.1 Å². The Morgan fingerprint density at radius 3 is 2.83 bits per heavy atom. The average molecular weight is 267 g/mol. The molecule has 1 fully saturated rings. The monoisotopic (exact) mass is 266 g/mol. The molecule has 2 rings (SSSR count). The predicted octanol–water partition coefficient (Wildman–Crippen LogP) is 2.46. The molecule has 18 heavy (non-hydrogen) atoms. The lowest BCUT2D eigenvalue weighted by Gasteiger charge is -2.18. The van der Waals surface area contributed by atoms with Gasteiger partial charge in [0.1, 0.15) is 0 Å². The average Bonchev–Trinajstić information content (AvgIpc) is 2.81. The van der Waals surface area contributed by atoms with Crippen LogP contribution in [-0.4, -0.2) is 29.9 Å². The van der Waals surface area contributed by atoms with Gasteiger partial charge in [-0.2, -0.15) is 0 Å². The molecule has 1 heterocycles. The maximum atomic E-state index is 12.3. The molecule has 2 atom stereocenters.